The maximum absolute atomic E-state index is 12.0. The first-order valence-corrected chi connectivity index (χ1v) is 9.88. The first-order valence-electron chi connectivity index (χ1n) is 9.88. The van der Waals surface area contributed by atoms with Crippen molar-refractivity contribution in [2.45, 2.75) is 26.4 Å². The number of esters is 1. The quantitative estimate of drug-likeness (QED) is 0.519. The molecule has 0 aliphatic carbocycles. The number of ether oxygens (including phenoxy) is 2. The number of carbonyl (C=O) groups is 1. The van der Waals surface area contributed by atoms with E-state index in [0.29, 0.717) is 19.8 Å². The minimum atomic E-state index is -0.0556. The number of nitrogens with zero attached hydrogens (tertiary/aromatic N) is 1. The fourth-order valence-electron chi connectivity index (χ4n) is 3.63. The van der Waals surface area contributed by atoms with Crippen LogP contribution >= 0.6 is 0 Å². The summed E-state index contributed by atoms with van der Waals surface area (Å²) in [6.07, 6.45) is 1.97. The molecule has 4 heteroatoms. The summed E-state index contributed by atoms with van der Waals surface area (Å²) in [5, 5.41) is 0. The summed E-state index contributed by atoms with van der Waals surface area (Å²) in [4.78, 5) is 14.3. The van der Waals surface area contributed by atoms with Crippen LogP contribution in [0, 0.1) is 5.92 Å². The zero-order valence-electron chi connectivity index (χ0n) is 16.1. The highest BCUT2D eigenvalue weighted by Gasteiger charge is 2.26. The van der Waals surface area contributed by atoms with E-state index in [1.165, 1.54) is 16.7 Å². The van der Waals surface area contributed by atoms with E-state index in [1.54, 1.807) is 0 Å². The van der Waals surface area contributed by atoms with Crippen LogP contribution in [0.5, 0.6) is 0 Å². The summed E-state index contributed by atoms with van der Waals surface area (Å²) < 4.78 is 11.1. The zero-order valence-corrected chi connectivity index (χ0v) is 16.1. The van der Waals surface area contributed by atoms with E-state index in [4.69, 9.17) is 9.47 Å². The normalized spacial score (nSPS) is 17.6. The van der Waals surface area contributed by atoms with E-state index in [2.05, 4.69) is 53.4 Å². The largest absolute Gasteiger partial charge is 0.466 e. The molecule has 1 saturated heterocycles. The van der Waals surface area contributed by atoms with E-state index in [-0.39, 0.29) is 11.9 Å². The first-order chi connectivity index (χ1) is 13.3. The minimum absolute atomic E-state index is 0.0116. The second-order valence-corrected chi connectivity index (χ2v) is 6.97. The van der Waals surface area contributed by atoms with Gasteiger partial charge in [-0.1, -0.05) is 54.6 Å². The highest BCUT2D eigenvalue weighted by atomic mass is 16.5. The highest BCUT2D eigenvalue weighted by Crippen LogP contribution is 2.24. The molecule has 27 heavy (non-hydrogen) atoms. The highest BCUT2D eigenvalue weighted by molar-refractivity contribution is 5.72. The number of benzene rings is 2. The van der Waals surface area contributed by atoms with E-state index in [9.17, 15) is 4.79 Å². The average Bonchev–Trinajstić information content (AvgIpc) is 2.72. The van der Waals surface area contributed by atoms with E-state index < -0.39 is 0 Å². The van der Waals surface area contributed by atoms with Crippen LogP contribution in [0.1, 0.15) is 25.3 Å². The third-order valence-electron chi connectivity index (χ3n) is 5.04. The Hall–Kier alpha value is -2.17. The van der Waals surface area contributed by atoms with Crippen molar-refractivity contribution in [3.8, 4) is 11.1 Å². The number of carbonyl (C=O) groups excluding carboxylic acids is 1. The smallest absolute Gasteiger partial charge is 0.310 e. The Labute approximate surface area is 162 Å². The predicted molar refractivity (Wildman–Crippen MR) is 107 cm³/mol. The van der Waals surface area contributed by atoms with Crippen molar-refractivity contribution in [3.05, 3.63) is 60.2 Å². The fraction of sp³-hybridized carbons (Fsp3) is 0.435. The Kier molecular flexibility index (Phi) is 7.43. The van der Waals surface area contributed by atoms with Gasteiger partial charge in [-0.15, -0.1) is 0 Å². The molecule has 0 amide bonds. The summed E-state index contributed by atoms with van der Waals surface area (Å²) >= 11 is 0. The van der Waals surface area contributed by atoms with Crippen molar-refractivity contribution in [2.75, 3.05) is 32.8 Å². The van der Waals surface area contributed by atoms with Gasteiger partial charge in [-0.3, -0.25) is 4.79 Å². The van der Waals surface area contributed by atoms with Crippen molar-refractivity contribution in [1.29, 1.82) is 0 Å². The lowest BCUT2D eigenvalue weighted by Crippen LogP contribution is -2.40. The van der Waals surface area contributed by atoms with Crippen LogP contribution in [-0.4, -0.2) is 43.7 Å². The molecule has 0 bridgehead atoms. The average molecular weight is 367 g/mol. The lowest BCUT2D eigenvalue weighted by molar-refractivity contribution is -0.150. The monoisotopic (exact) mass is 367 g/mol. The van der Waals surface area contributed by atoms with Crippen LogP contribution in [0.4, 0.5) is 0 Å². The number of hydrogen-bond acceptors (Lipinski definition) is 4. The summed E-state index contributed by atoms with van der Waals surface area (Å²) in [5.74, 6) is -0.0441. The van der Waals surface area contributed by atoms with Crippen molar-refractivity contribution in [3.63, 3.8) is 0 Å². The molecule has 1 fully saturated rings. The first kappa shape index (κ1) is 19.6. The predicted octanol–water partition coefficient (Wildman–Crippen LogP) is 4.15. The third-order valence-corrected chi connectivity index (χ3v) is 5.04. The Morgan fingerprint density at radius 2 is 1.89 bits per heavy atom. The molecule has 1 aliphatic rings. The van der Waals surface area contributed by atoms with Crippen molar-refractivity contribution in [1.82, 2.24) is 4.90 Å². The van der Waals surface area contributed by atoms with Gasteiger partial charge in [0.25, 0.3) is 0 Å². The van der Waals surface area contributed by atoms with Crippen molar-refractivity contribution in [2.24, 2.45) is 5.92 Å². The Morgan fingerprint density at radius 1 is 1.11 bits per heavy atom. The van der Waals surface area contributed by atoms with Crippen molar-refractivity contribution >= 4 is 5.97 Å². The Morgan fingerprint density at radius 3 is 2.70 bits per heavy atom. The number of piperidine rings is 1. The SMILES string of the molecule is CCOC(=O)[C@@H]1CCCN(CCOCc2ccccc2-c2ccccc2)C1. The molecule has 1 atom stereocenters. The van der Waals surface area contributed by atoms with Gasteiger partial charge in [-0.05, 0) is 43.0 Å². The molecule has 1 aliphatic heterocycles. The van der Waals surface area contributed by atoms with Gasteiger partial charge in [-0.2, -0.15) is 0 Å². The topological polar surface area (TPSA) is 38.8 Å². The molecular weight excluding hydrogens is 338 g/mol. The summed E-state index contributed by atoms with van der Waals surface area (Å²) in [7, 11) is 0. The maximum Gasteiger partial charge on any atom is 0.310 e. The van der Waals surface area contributed by atoms with Gasteiger partial charge in [0.15, 0.2) is 0 Å². The van der Waals surface area contributed by atoms with E-state index >= 15 is 0 Å². The molecule has 144 valence electrons. The zero-order chi connectivity index (χ0) is 18.9. The Balaban J connectivity index is 1.48. The van der Waals surface area contributed by atoms with Crippen LogP contribution < -0.4 is 0 Å². The summed E-state index contributed by atoms with van der Waals surface area (Å²) in [5.41, 5.74) is 3.63. The second-order valence-electron chi connectivity index (χ2n) is 6.97. The molecule has 2 aromatic carbocycles. The molecule has 3 rings (SSSR count). The molecule has 0 unspecified atom stereocenters. The number of likely N-dealkylation sites (tertiary alicyclic amines) is 1. The molecular formula is C23H29NO3. The van der Waals surface area contributed by atoms with Crippen LogP contribution in [0.15, 0.2) is 54.6 Å². The van der Waals surface area contributed by atoms with Crippen LogP contribution in [-0.2, 0) is 20.9 Å². The Bertz CT molecular complexity index is 717. The number of hydrogen-bond donors (Lipinski definition) is 0. The van der Waals surface area contributed by atoms with Gasteiger partial charge in [0, 0.05) is 13.1 Å². The second kappa shape index (κ2) is 10.2. The summed E-state index contributed by atoms with van der Waals surface area (Å²) in [6, 6.07) is 18.8. The third kappa shape index (κ3) is 5.65. The lowest BCUT2D eigenvalue weighted by Gasteiger charge is -2.31. The standard InChI is InChI=1S/C23H29NO3/c1-2-27-23(25)20-12-8-14-24(17-20)15-16-26-18-21-11-6-7-13-22(21)19-9-4-3-5-10-19/h3-7,9-11,13,20H,2,8,12,14-18H2,1H3/t20-/m1/s1. The van der Waals surface area contributed by atoms with Gasteiger partial charge < -0.3 is 14.4 Å². The number of rotatable bonds is 8. The van der Waals surface area contributed by atoms with Crippen molar-refractivity contribution < 1.29 is 14.3 Å². The minimum Gasteiger partial charge on any atom is -0.466 e. The van der Waals surface area contributed by atoms with Crippen LogP contribution in [0.25, 0.3) is 11.1 Å². The van der Waals surface area contributed by atoms with E-state index in [0.717, 1.165) is 32.5 Å². The molecule has 0 saturated carbocycles. The van der Waals surface area contributed by atoms with Crippen LogP contribution in [0.3, 0.4) is 0 Å². The van der Waals surface area contributed by atoms with E-state index in [1.807, 2.05) is 13.0 Å². The maximum atomic E-state index is 12.0. The van der Waals surface area contributed by atoms with Gasteiger partial charge in [0.1, 0.15) is 0 Å². The van der Waals surface area contributed by atoms with Gasteiger partial charge in [0.2, 0.25) is 0 Å². The molecule has 0 N–H and O–H groups in total. The molecule has 0 spiro atoms. The summed E-state index contributed by atoms with van der Waals surface area (Å²) in [6.45, 7) is 6.24. The molecule has 0 aromatic heterocycles. The van der Waals surface area contributed by atoms with Gasteiger partial charge in [-0.25, -0.2) is 0 Å². The molecule has 4 nitrogen and oxygen atoms in total. The van der Waals surface area contributed by atoms with Gasteiger partial charge >= 0.3 is 5.97 Å². The molecule has 2 aromatic rings. The molecule has 0 radical (unpaired) electrons. The fourth-order valence-corrected chi connectivity index (χ4v) is 3.63. The van der Waals surface area contributed by atoms with Crippen LogP contribution in [0.2, 0.25) is 0 Å². The lowest BCUT2D eigenvalue weighted by atomic mass is 9.98. The van der Waals surface area contributed by atoms with Gasteiger partial charge in [0.05, 0.1) is 25.7 Å². The molecule has 1 heterocycles.